The third-order valence-electron chi connectivity index (χ3n) is 4.89. The van der Waals surface area contributed by atoms with Crippen LogP contribution in [-0.2, 0) is 16.0 Å². The maximum absolute atomic E-state index is 4.75. The number of aryl methyl sites for hydroxylation is 6. The summed E-state index contributed by atoms with van der Waals surface area (Å²) in [5.41, 5.74) is 11.7. The molecule has 0 radical (unpaired) electrons. The first-order valence-electron chi connectivity index (χ1n) is 10.4. The zero-order valence-corrected chi connectivity index (χ0v) is 23.2. The molecule has 0 fully saturated rings. The van der Waals surface area contributed by atoms with Gasteiger partial charge in [-0.2, -0.15) is 0 Å². The van der Waals surface area contributed by atoms with Gasteiger partial charge in [-0.3, -0.25) is 9.98 Å². The predicted molar refractivity (Wildman–Crippen MR) is 130 cm³/mol. The zero-order chi connectivity index (χ0) is 23.1. The molecule has 0 unspecified atom stereocenters. The minimum Gasteiger partial charge on any atom is -1.00 e. The van der Waals surface area contributed by atoms with Crippen molar-refractivity contribution in [2.24, 2.45) is 9.98 Å². The van der Waals surface area contributed by atoms with Crippen molar-refractivity contribution in [1.29, 1.82) is 0 Å². The largest absolute Gasteiger partial charge is 1.00 e. The van der Waals surface area contributed by atoms with Crippen LogP contribution >= 0.6 is 0 Å². The van der Waals surface area contributed by atoms with E-state index in [2.05, 4.69) is 91.8 Å². The number of benzene rings is 2. The van der Waals surface area contributed by atoms with Gasteiger partial charge in [-0.15, -0.1) is 0 Å². The van der Waals surface area contributed by atoms with Gasteiger partial charge in [0, 0.05) is 23.7 Å². The fourth-order valence-corrected chi connectivity index (χ4v) is 3.78. The molecule has 1 aromatic heterocycles. The second-order valence-electron chi connectivity index (χ2n) is 8.02. The summed E-state index contributed by atoms with van der Waals surface area (Å²) in [4.78, 5) is 13.3. The van der Waals surface area contributed by atoms with Crippen molar-refractivity contribution < 1.29 is 40.8 Å². The van der Waals surface area contributed by atoms with E-state index < -0.39 is 0 Å². The van der Waals surface area contributed by atoms with Gasteiger partial charge < -0.3 is 24.8 Å². The SMILES string of the molecule is CC(=Nc1c(C)cc(C)cc1C)c1cccnc1.C[C]([Fe+2])=Nc1c(C)cc(C)cc1C.[Cl-].[Cl-]. The van der Waals surface area contributed by atoms with Gasteiger partial charge in [0.1, 0.15) is 0 Å². The Morgan fingerprint density at radius 1 is 0.727 bits per heavy atom. The van der Waals surface area contributed by atoms with Crippen LogP contribution in [0.25, 0.3) is 0 Å². The fourth-order valence-electron chi connectivity index (χ4n) is 3.66. The van der Waals surface area contributed by atoms with E-state index in [1.54, 1.807) is 6.20 Å². The van der Waals surface area contributed by atoms with Crippen LogP contribution in [0.3, 0.4) is 0 Å². The maximum Gasteiger partial charge on any atom is -1.00 e. The summed E-state index contributed by atoms with van der Waals surface area (Å²) in [7, 11) is 0. The first-order chi connectivity index (χ1) is 14.6. The molecule has 0 amide bonds. The molecule has 0 saturated carbocycles. The Labute approximate surface area is 219 Å². The van der Waals surface area contributed by atoms with Crippen LogP contribution in [0.15, 0.2) is 58.8 Å². The summed E-state index contributed by atoms with van der Waals surface area (Å²) in [5.74, 6) is 0. The van der Waals surface area contributed by atoms with Gasteiger partial charge in [-0.05, 0) is 44.9 Å². The molecule has 3 aromatic rings. The van der Waals surface area contributed by atoms with E-state index in [0.29, 0.717) is 0 Å². The van der Waals surface area contributed by atoms with Crippen LogP contribution in [0.5, 0.6) is 0 Å². The van der Waals surface area contributed by atoms with Crippen LogP contribution in [-0.4, -0.2) is 15.3 Å². The van der Waals surface area contributed by atoms with E-state index in [1.807, 2.05) is 32.2 Å². The van der Waals surface area contributed by atoms with Crippen LogP contribution in [0.1, 0.15) is 52.8 Å². The minimum absolute atomic E-state index is 0. The average Bonchev–Trinajstić information content (AvgIpc) is 2.68. The summed E-state index contributed by atoms with van der Waals surface area (Å²) in [5, 5.41) is 0. The van der Waals surface area contributed by atoms with Crippen molar-refractivity contribution in [2.45, 2.75) is 55.4 Å². The number of aliphatic imine (C=N–C) groups is 2. The van der Waals surface area contributed by atoms with E-state index in [-0.39, 0.29) is 24.8 Å². The number of pyridine rings is 1. The molecule has 6 heteroatoms. The van der Waals surface area contributed by atoms with Crippen molar-refractivity contribution in [1.82, 2.24) is 4.98 Å². The van der Waals surface area contributed by atoms with E-state index >= 15 is 0 Å². The molecular weight excluding hydrogens is 493 g/mol. The van der Waals surface area contributed by atoms with E-state index in [1.165, 1.54) is 33.4 Å². The number of nitrogens with zero attached hydrogens (tertiary/aromatic N) is 3. The molecule has 3 nitrogen and oxygen atoms in total. The molecule has 0 atom stereocenters. The van der Waals surface area contributed by atoms with Crippen LogP contribution in [0.4, 0.5) is 11.4 Å². The number of hydrogen-bond acceptors (Lipinski definition) is 3. The fraction of sp³-hybridized carbons (Fsp3) is 0.296. The predicted octanol–water partition coefficient (Wildman–Crippen LogP) is 1.36. The topological polar surface area (TPSA) is 37.6 Å². The molecule has 3 rings (SSSR count). The van der Waals surface area contributed by atoms with Crippen LogP contribution < -0.4 is 24.8 Å². The minimum atomic E-state index is 0. The first kappa shape index (κ1) is 31.0. The average molecular weight is 525 g/mol. The number of halogens is 2. The molecule has 0 saturated heterocycles. The summed E-state index contributed by atoms with van der Waals surface area (Å²) >= 11 is 3.79. The molecule has 0 N–H and O–H groups in total. The summed E-state index contributed by atoms with van der Waals surface area (Å²) in [6, 6.07) is 12.6. The molecule has 177 valence electrons. The normalized spacial score (nSPS) is 11.0. The first-order valence-corrected chi connectivity index (χ1v) is 10.9. The second-order valence-corrected chi connectivity index (χ2v) is 8.82. The molecule has 0 aliphatic rings. The van der Waals surface area contributed by atoms with Crippen molar-refractivity contribution in [3.8, 4) is 0 Å². The Balaban J connectivity index is 0.000000613. The van der Waals surface area contributed by atoms with Gasteiger partial charge in [0.05, 0.1) is 5.69 Å². The standard InChI is InChI=1S/C16H18N2.C11H14N.2ClH.Fe/c1-11-8-12(2)16(13(3)9-11)18-14(4)15-6-5-7-17-10-15;1-5-12-11-9(3)6-8(2)7-10(11)4;;;/h5-10H,1-4H3;6-7H,1-4H3;2*1H;/q;;;;+2/p-2. The van der Waals surface area contributed by atoms with E-state index in [4.69, 9.17) is 4.99 Å². The number of aromatic nitrogens is 1. The Morgan fingerprint density at radius 3 is 1.52 bits per heavy atom. The maximum atomic E-state index is 4.75. The van der Waals surface area contributed by atoms with Gasteiger partial charge in [0.15, 0.2) is 0 Å². The Morgan fingerprint density at radius 2 is 1.15 bits per heavy atom. The Bertz CT molecular complexity index is 1070. The van der Waals surface area contributed by atoms with Crippen molar-refractivity contribution >= 4 is 21.7 Å². The van der Waals surface area contributed by atoms with E-state index in [0.717, 1.165) is 27.3 Å². The second kappa shape index (κ2) is 14.3. The summed E-state index contributed by atoms with van der Waals surface area (Å²) in [6.07, 6.45) is 3.62. The van der Waals surface area contributed by atoms with Crippen LogP contribution in [0.2, 0.25) is 0 Å². The Kier molecular flexibility index (Phi) is 13.5. The number of rotatable bonds is 3. The van der Waals surface area contributed by atoms with Gasteiger partial charge in [0.2, 0.25) is 0 Å². The summed E-state index contributed by atoms with van der Waals surface area (Å²) in [6.45, 7) is 16.5. The van der Waals surface area contributed by atoms with Crippen molar-refractivity contribution in [3.63, 3.8) is 0 Å². The van der Waals surface area contributed by atoms with Gasteiger partial charge >= 0.3 is 87.8 Å². The molecule has 0 spiro atoms. The summed E-state index contributed by atoms with van der Waals surface area (Å²) < 4.78 is 0.857. The zero-order valence-electron chi connectivity index (χ0n) is 20.6. The molecule has 0 aliphatic carbocycles. The van der Waals surface area contributed by atoms with Crippen molar-refractivity contribution in [2.75, 3.05) is 0 Å². The molecule has 1 heterocycles. The van der Waals surface area contributed by atoms with Gasteiger partial charge in [-0.1, -0.05) is 23.8 Å². The molecule has 0 bridgehead atoms. The quantitative estimate of drug-likeness (QED) is 0.376. The molecule has 2 aromatic carbocycles. The van der Waals surface area contributed by atoms with Crippen molar-refractivity contribution in [3.05, 3.63) is 87.7 Å². The smallest absolute Gasteiger partial charge is 1.00 e. The third kappa shape index (κ3) is 9.43. The monoisotopic (exact) mass is 524 g/mol. The van der Waals surface area contributed by atoms with Gasteiger partial charge in [-0.25, -0.2) is 0 Å². The van der Waals surface area contributed by atoms with E-state index in [9.17, 15) is 0 Å². The van der Waals surface area contributed by atoms with Gasteiger partial charge in [0.25, 0.3) is 0 Å². The molecule has 33 heavy (non-hydrogen) atoms. The molecular formula is C27H32Cl2FeN3. The number of hydrogen-bond donors (Lipinski definition) is 0. The molecule has 0 aliphatic heterocycles. The Hall–Kier alpha value is -1.97. The third-order valence-corrected chi connectivity index (χ3v) is 5.02. The van der Waals surface area contributed by atoms with Crippen LogP contribution in [0, 0.1) is 41.5 Å².